The van der Waals surface area contributed by atoms with E-state index in [0.717, 1.165) is 9.47 Å². The number of aromatic nitrogens is 1. The molecule has 0 aliphatic carbocycles. The highest BCUT2D eigenvalue weighted by Gasteiger charge is 2.16. The monoisotopic (exact) mass is 355 g/mol. The average Bonchev–Trinajstić information content (AvgIpc) is 2.71. The molecule has 4 nitrogen and oxygen atoms in total. The minimum Gasteiger partial charge on any atom is -0.484 e. The number of rotatable bonds is 5. The molecular formula is C14H18BrN3OS. The Morgan fingerprint density at radius 3 is 2.50 bits per heavy atom. The highest BCUT2D eigenvalue weighted by molar-refractivity contribution is 9.10. The zero-order chi connectivity index (χ0) is 14.7. The van der Waals surface area contributed by atoms with Crippen molar-refractivity contribution in [3.8, 4) is 5.75 Å². The van der Waals surface area contributed by atoms with Gasteiger partial charge in [-0.05, 0) is 50.0 Å². The Morgan fingerprint density at radius 2 is 1.90 bits per heavy atom. The second-order valence-corrected chi connectivity index (χ2v) is 6.50. The van der Waals surface area contributed by atoms with Crippen LogP contribution in [0.2, 0.25) is 0 Å². The molecule has 2 aromatic rings. The summed E-state index contributed by atoms with van der Waals surface area (Å²) in [6, 6.07) is 8.36. The van der Waals surface area contributed by atoms with Gasteiger partial charge in [-0.15, -0.1) is 0 Å². The Labute approximate surface area is 131 Å². The van der Waals surface area contributed by atoms with Crippen LogP contribution in [-0.2, 0) is 0 Å². The Morgan fingerprint density at radius 1 is 1.25 bits per heavy atom. The van der Waals surface area contributed by atoms with Crippen LogP contribution in [0.4, 0.5) is 10.8 Å². The molecule has 1 heterocycles. The van der Waals surface area contributed by atoms with Gasteiger partial charge in [-0.1, -0.05) is 28.1 Å². The molecule has 20 heavy (non-hydrogen) atoms. The molecule has 0 spiro atoms. The predicted molar refractivity (Wildman–Crippen MR) is 88.5 cm³/mol. The first kappa shape index (κ1) is 15.1. The van der Waals surface area contributed by atoms with Crippen LogP contribution in [0.3, 0.4) is 0 Å². The standard InChI is InChI=1S/C14H18BrN3OS/c1-8(2)19-12-13(16)18-20-14(12)17-9(3)10-4-6-11(15)7-5-10/h4-9,17H,1-3H3,(H2,16,18). The van der Waals surface area contributed by atoms with Crippen molar-refractivity contribution in [3.05, 3.63) is 34.3 Å². The summed E-state index contributed by atoms with van der Waals surface area (Å²) in [5.74, 6) is 1.09. The number of nitrogens with zero attached hydrogens (tertiary/aromatic N) is 1. The highest BCUT2D eigenvalue weighted by Crippen LogP contribution is 2.38. The second-order valence-electron chi connectivity index (χ2n) is 4.81. The molecule has 0 aliphatic heterocycles. The van der Waals surface area contributed by atoms with Gasteiger partial charge < -0.3 is 15.8 Å². The van der Waals surface area contributed by atoms with Gasteiger partial charge in [0.25, 0.3) is 0 Å². The second kappa shape index (κ2) is 6.45. The van der Waals surface area contributed by atoms with E-state index >= 15 is 0 Å². The molecule has 0 saturated heterocycles. The first-order chi connectivity index (χ1) is 9.47. The van der Waals surface area contributed by atoms with Gasteiger partial charge in [0.15, 0.2) is 16.6 Å². The van der Waals surface area contributed by atoms with Gasteiger partial charge in [0.1, 0.15) is 0 Å². The number of hydrogen-bond acceptors (Lipinski definition) is 5. The molecule has 0 fully saturated rings. The van der Waals surface area contributed by atoms with Gasteiger partial charge in [-0.3, -0.25) is 0 Å². The molecule has 2 rings (SSSR count). The summed E-state index contributed by atoms with van der Waals surface area (Å²) in [6.07, 6.45) is 0.0669. The fourth-order valence-electron chi connectivity index (χ4n) is 1.77. The van der Waals surface area contributed by atoms with Crippen LogP contribution >= 0.6 is 27.5 Å². The molecule has 108 valence electrons. The van der Waals surface area contributed by atoms with Crippen LogP contribution in [0.5, 0.6) is 5.75 Å². The number of halogens is 1. The zero-order valence-corrected chi connectivity index (χ0v) is 14.1. The molecule has 0 radical (unpaired) electrons. The smallest absolute Gasteiger partial charge is 0.197 e. The predicted octanol–water partition coefficient (Wildman–Crippen LogP) is 4.45. The van der Waals surface area contributed by atoms with E-state index in [1.165, 1.54) is 17.1 Å². The number of ether oxygens (including phenoxy) is 1. The van der Waals surface area contributed by atoms with Crippen molar-refractivity contribution in [2.75, 3.05) is 11.1 Å². The van der Waals surface area contributed by atoms with Crippen molar-refractivity contribution in [3.63, 3.8) is 0 Å². The summed E-state index contributed by atoms with van der Waals surface area (Å²) in [5.41, 5.74) is 7.04. The average molecular weight is 356 g/mol. The van der Waals surface area contributed by atoms with Crippen LogP contribution in [0.15, 0.2) is 28.7 Å². The van der Waals surface area contributed by atoms with Crippen molar-refractivity contribution < 1.29 is 4.74 Å². The van der Waals surface area contributed by atoms with Gasteiger partial charge in [0.05, 0.1) is 6.10 Å². The van der Waals surface area contributed by atoms with Crippen LogP contribution in [0.25, 0.3) is 0 Å². The summed E-state index contributed by atoms with van der Waals surface area (Å²) in [4.78, 5) is 0. The summed E-state index contributed by atoms with van der Waals surface area (Å²) in [6.45, 7) is 6.04. The van der Waals surface area contributed by atoms with Gasteiger partial charge >= 0.3 is 0 Å². The van der Waals surface area contributed by atoms with Gasteiger partial charge in [-0.25, -0.2) is 0 Å². The fourth-order valence-corrected chi connectivity index (χ4v) is 2.77. The Kier molecular flexibility index (Phi) is 4.88. The number of nitrogens with two attached hydrogens (primary N) is 1. The lowest BCUT2D eigenvalue weighted by atomic mass is 10.1. The van der Waals surface area contributed by atoms with Crippen LogP contribution in [-0.4, -0.2) is 10.5 Å². The molecule has 0 aliphatic rings. The normalized spacial score (nSPS) is 12.4. The first-order valence-electron chi connectivity index (χ1n) is 6.41. The minimum atomic E-state index is 0.0669. The van der Waals surface area contributed by atoms with E-state index in [1.807, 2.05) is 26.0 Å². The van der Waals surface area contributed by atoms with E-state index in [2.05, 4.69) is 44.7 Å². The minimum absolute atomic E-state index is 0.0669. The number of benzene rings is 1. The summed E-state index contributed by atoms with van der Waals surface area (Å²) in [7, 11) is 0. The van der Waals surface area contributed by atoms with E-state index < -0.39 is 0 Å². The van der Waals surface area contributed by atoms with Crippen molar-refractivity contribution >= 4 is 38.3 Å². The number of anilines is 2. The van der Waals surface area contributed by atoms with Crippen molar-refractivity contribution in [2.24, 2.45) is 0 Å². The molecule has 1 unspecified atom stereocenters. The summed E-state index contributed by atoms with van der Waals surface area (Å²) in [5, 5.41) is 4.28. The molecule has 1 aromatic carbocycles. The molecule has 0 bridgehead atoms. The van der Waals surface area contributed by atoms with Crippen molar-refractivity contribution in [1.82, 2.24) is 4.37 Å². The fraction of sp³-hybridized carbons (Fsp3) is 0.357. The van der Waals surface area contributed by atoms with Gasteiger partial charge in [-0.2, -0.15) is 4.37 Å². The maximum Gasteiger partial charge on any atom is 0.197 e. The van der Waals surface area contributed by atoms with Gasteiger partial charge in [0.2, 0.25) is 0 Å². The number of hydrogen-bond donors (Lipinski definition) is 2. The molecule has 1 aromatic heterocycles. The zero-order valence-electron chi connectivity index (χ0n) is 11.7. The Bertz CT molecular complexity index is 568. The SMILES string of the molecule is CC(C)Oc1c(N)nsc1NC(C)c1ccc(Br)cc1. The Balaban J connectivity index is 2.15. The third-order valence-electron chi connectivity index (χ3n) is 2.75. The molecule has 1 atom stereocenters. The highest BCUT2D eigenvalue weighted by atomic mass is 79.9. The lowest BCUT2D eigenvalue weighted by Gasteiger charge is -2.16. The third kappa shape index (κ3) is 3.64. The van der Waals surface area contributed by atoms with E-state index in [9.17, 15) is 0 Å². The maximum atomic E-state index is 5.85. The Hall–Kier alpha value is -1.27. The topological polar surface area (TPSA) is 60.2 Å². The lowest BCUT2D eigenvalue weighted by molar-refractivity contribution is 0.245. The van der Waals surface area contributed by atoms with E-state index in [0.29, 0.717) is 11.6 Å². The molecular weight excluding hydrogens is 338 g/mol. The number of nitrogen functional groups attached to an aromatic ring is 1. The van der Waals surface area contributed by atoms with Crippen molar-refractivity contribution in [2.45, 2.75) is 32.9 Å². The van der Waals surface area contributed by atoms with Gasteiger partial charge in [0, 0.05) is 10.5 Å². The molecule has 0 amide bonds. The molecule has 0 saturated carbocycles. The summed E-state index contributed by atoms with van der Waals surface area (Å²) >= 11 is 4.76. The first-order valence-corrected chi connectivity index (χ1v) is 7.97. The van der Waals surface area contributed by atoms with Crippen molar-refractivity contribution in [1.29, 1.82) is 0 Å². The summed E-state index contributed by atoms with van der Waals surface area (Å²) < 4.78 is 10.9. The largest absolute Gasteiger partial charge is 0.484 e. The van der Waals surface area contributed by atoms with Crippen LogP contribution in [0.1, 0.15) is 32.4 Å². The quantitative estimate of drug-likeness (QED) is 0.831. The van der Waals surface area contributed by atoms with Crippen LogP contribution in [0, 0.1) is 0 Å². The van der Waals surface area contributed by atoms with Crippen LogP contribution < -0.4 is 15.8 Å². The van der Waals surface area contributed by atoms with E-state index in [1.54, 1.807) is 0 Å². The van der Waals surface area contributed by atoms with E-state index in [-0.39, 0.29) is 12.1 Å². The maximum absolute atomic E-state index is 5.85. The molecule has 3 N–H and O–H groups in total. The van der Waals surface area contributed by atoms with E-state index in [4.69, 9.17) is 10.5 Å². The third-order valence-corrected chi connectivity index (χ3v) is 4.05. The number of nitrogens with one attached hydrogen (secondary N) is 1. The molecule has 6 heteroatoms. The lowest BCUT2D eigenvalue weighted by Crippen LogP contribution is -2.10.